The average molecular weight is 353 g/mol. The van der Waals surface area contributed by atoms with Crippen LogP contribution in [0.5, 0.6) is 0 Å². The Morgan fingerprint density at radius 2 is 1.08 bits per heavy atom. The van der Waals surface area contributed by atoms with Gasteiger partial charge in [-0.1, -0.05) is 110 Å². The first-order valence-electron chi connectivity index (χ1n) is 10.9. The van der Waals surface area contributed by atoms with E-state index in [1.54, 1.807) is 6.92 Å². The lowest BCUT2D eigenvalue weighted by Gasteiger charge is -2.05. The van der Waals surface area contributed by atoms with E-state index < -0.39 is 0 Å². The van der Waals surface area contributed by atoms with Gasteiger partial charge in [-0.2, -0.15) is 0 Å². The van der Waals surface area contributed by atoms with E-state index in [1.165, 1.54) is 89.9 Å². The highest BCUT2D eigenvalue weighted by Crippen LogP contribution is 2.14. The summed E-state index contributed by atoms with van der Waals surface area (Å²) in [5.41, 5.74) is 0.492. The first-order valence-corrected chi connectivity index (χ1v) is 10.9. The molecule has 0 fully saturated rings. The average Bonchev–Trinajstić information content (AvgIpc) is 2.57. The monoisotopic (exact) mass is 352 g/mol. The minimum Gasteiger partial charge on any atom is -0.462 e. The van der Waals surface area contributed by atoms with Gasteiger partial charge in [0.15, 0.2) is 0 Å². The third-order valence-corrected chi connectivity index (χ3v) is 4.76. The van der Waals surface area contributed by atoms with Crippen LogP contribution in [-0.4, -0.2) is 12.6 Å². The van der Waals surface area contributed by atoms with Gasteiger partial charge in [0.05, 0.1) is 6.61 Å². The maximum absolute atomic E-state index is 11.2. The lowest BCUT2D eigenvalue weighted by Crippen LogP contribution is -2.05. The van der Waals surface area contributed by atoms with Gasteiger partial charge in [0, 0.05) is 5.57 Å². The van der Waals surface area contributed by atoms with Gasteiger partial charge in [-0.15, -0.1) is 0 Å². The van der Waals surface area contributed by atoms with E-state index in [-0.39, 0.29) is 5.97 Å². The Kier molecular flexibility index (Phi) is 17.4. The van der Waals surface area contributed by atoms with Crippen molar-refractivity contribution in [2.45, 2.75) is 117 Å². The zero-order chi connectivity index (χ0) is 18.8. The lowest BCUT2D eigenvalue weighted by molar-refractivity contribution is -0.139. The Labute approximate surface area is 157 Å². The highest BCUT2D eigenvalue weighted by Gasteiger charge is 2.01. The topological polar surface area (TPSA) is 26.3 Å². The third-order valence-electron chi connectivity index (χ3n) is 4.76. The van der Waals surface area contributed by atoms with Crippen molar-refractivity contribution in [3.63, 3.8) is 0 Å². The molecular weight excluding hydrogens is 308 g/mol. The van der Waals surface area contributed by atoms with E-state index in [2.05, 4.69) is 20.4 Å². The van der Waals surface area contributed by atoms with Crippen LogP contribution in [0.4, 0.5) is 0 Å². The fraction of sp³-hybridized carbons (Fsp3) is 0.870. The van der Waals surface area contributed by atoms with Crippen LogP contribution in [0, 0.1) is 5.92 Å². The number of carbonyl (C=O) groups excluding carboxylic acids is 1. The second kappa shape index (κ2) is 18.0. The molecule has 0 bridgehead atoms. The maximum atomic E-state index is 11.2. The molecule has 0 amide bonds. The largest absolute Gasteiger partial charge is 0.462 e. The molecule has 0 aliphatic carbocycles. The van der Waals surface area contributed by atoms with Crippen molar-refractivity contribution in [3.05, 3.63) is 12.2 Å². The van der Waals surface area contributed by atoms with Gasteiger partial charge in [-0.05, 0) is 19.3 Å². The molecule has 0 heterocycles. The van der Waals surface area contributed by atoms with Gasteiger partial charge in [0.25, 0.3) is 0 Å². The number of esters is 1. The molecule has 25 heavy (non-hydrogen) atoms. The standard InChI is InChI=1S/C23H44O2/c1-21(2)19-17-15-13-11-9-7-5-6-8-10-12-14-16-18-20-25-23(24)22(3)4/h21H,3,5-20H2,1-2,4H3. The number of carbonyl (C=O) groups is 1. The SMILES string of the molecule is C=C(C)C(=O)OCCCCCCCCCCCCCCCCC(C)C. The summed E-state index contributed by atoms with van der Waals surface area (Å²) in [7, 11) is 0. The molecule has 2 heteroatoms. The summed E-state index contributed by atoms with van der Waals surface area (Å²) in [6.07, 6.45) is 20.3. The molecule has 0 unspecified atom stereocenters. The minimum absolute atomic E-state index is 0.254. The number of unbranched alkanes of at least 4 members (excludes halogenated alkanes) is 13. The molecule has 0 spiro atoms. The van der Waals surface area contributed by atoms with Crippen LogP contribution in [0.15, 0.2) is 12.2 Å². The molecule has 0 atom stereocenters. The molecule has 0 aromatic rings. The molecule has 0 saturated heterocycles. The van der Waals surface area contributed by atoms with Crippen LogP contribution < -0.4 is 0 Å². The molecular formula is C23H44O2. The number of rotatable bonds is 18. The zero-order valence-electron chi connectivity index (χ0n) is 17.4. The lowest BCUT2D eigenvalue weighted by atomic mass is 10.0. The van der Waals surface area contributed by atoms with Crippen molar-refractivity contribution in [3.8, 4) is 0 Å². The molecule has 0 aromatic heterocycles. The van der Waals surface area contributed by atoms with E-state index in [9.17, 15) is 4.79 Å². The molecule has 0 rings (SSSR count). The fourth-order valence-electron chi connectivity index (χ4n) is 3.06. The van der Waals surface area contributed by atoms with Crippen LogP contribution in [0.2, 0.25) is 0 Å². The second-order valence-corrected chi connectivity index (χ2v) is 8.05. The molecule has 0 N–H and O–H groups in total. The predicted octanol–water partition coefficient (Wildman–Crippen LogP) is 7.61. The first-order chi connectivity index (χ1) is 12.0. The summed E-state index contributed by atoms with van der Waals surface area (Å²) in [5, 5.41) is 0. The van der Waals surface area contributed by atoms with Gasteiger partial charge >= 0.3 is 5.97 Å². The molecule has 0 aliphatic rings. The zero-order valence-corrected chi connectivity index (χ0v) is 17.4. The summed E-state index contributed by atoms with van der Waals surface area (Å²) in [5.74, 6) is 0.620. The summed E-state index contributed by atoms with van der Waals surface area (Å²) < 4.78 is 5.09. The number of hydrogen-bond acceptors (Lipinski definition) is 2. The van der Waals surface area contributed by atoms with Crippen molar-refractivity contribution in [2.24, 2.45) is 5.92 Å². The molecule has 0 saturated carbocycles. The summed E-state index contributed by atoms with van der Waals surface area (Å²) >= 11 is 0. The summed E-state index contributed by atoms with van der Waals surface area (Å²) in [4.78, 5) is 11.2. The van der Waals surface area contributed by atoms with E-state index in [0.717, 1.165) is 12.3 Å². The van der Waals surface area contributed by atoms with E-state index in [1.807, 2.05) is 0 Å². The second-order valence-electron chi connectivity index (χ2n) is 8.05. The van der Waals surface area contributed by atoms with Crippen molar-refractivity contribution < 1.29 is 9.53 Å². The molecule has 0 aromatic carbocycles. The Morgan fingerprint density at radius 3 is 1.44 bits per heavy atom. The number of ether oxygens (including phenoxy) is 1. The summed E-state index contributed by atoms with van der Waals surface area (Å²) in [6, 6.07) is 0. The Hall–Kier alpha value is -0.790. The van der Waals surface area contributed by atoms with Gasteiger partial charge in [0.1, 0.15) is 0 Å². The Balaban J connectivity index is 3.07. The van der Waals surface area contributed by atoms with Crippen molar-refractivity contribution >= 4 is 5.97 Å². The van der Waals surface area contributed by atoms with Crippen LogP contribution in [0.3, 0.4) is 0 Å². The van der Waals surface area contributed by atoms with Crippen molar-refractivity contribution in [2.75, 3.05) is 6.61 Å². The highest BCUT2D eigenvalue weighted by atomic mass is 16.5. The Morgan fingerprint density at radius 1 is 0.720 bits per heavy atom. The Bertz CT molecular complexity index is 320. The van der Waals surface area contributed by atoms with E-state index in [4.69, 9.17) is 4.74 Å². The molecule has 2 nitrogen and oxygen atoms in total. The van der Waals surface area contributed by atoms with Crippen molar-refractivity contribution in [1.29, 1.82) is 0 Å². The first kappa shape index (κ1) is 24.2. The van der Waals surface area contributed by atoms with Gasteiger partial charge < -0.3 is 4.74 Å². The molecule has 0 radical (unpaired) electrons. The normalized spacial score (nSPS) is 11.0. The summed E-state index contributed by atoms with van der Waals surface area (Å²) in [6.45, 7) is 10.5. The van der Waals surface area contributed by atoms with Crippen LogP contribution in [-0.2, 0) is 9.53 Å². The van der Waals surface area contributed by atoms with E-state index >= 15 is 0 Å². The maximum Gasteiger partial charge on any atom is 0.333 e. The highest BCUT2D eigenvalue weighted by molar-refractivity contribution is 5.86. The smallest absolute Gasteiger partial charge is 0.333 e. The quantitative estimate of drug-likeness (QED) is 0.144. The molecule has 148 valence electrons. The van der Waals surface area contributed by atoms with Gasteiger partial charge in [-0.25, -0.2) is 4.79 Å². The predicted molar refractivity (Wildman–Crippen MR) is 110 cm³/mol. The fourth-order valence-corrected chi connectivity index (χ4v) is 3.06. The van der Waals surface area contributed by atoms with Crippen LogP contribution in [0.25, 0.3) is 0 Å². The van der Waals surface area contributed by atoms with Gasteiger partial charge in [0.2, 0.25) is 0 Å². The third kappa shape index (κ3) is 19.4. The van der Waals surface area contributed by atoms with E-state index in [0.29, 0.717) is 12.2 Å². The van der Waals surface area contributed by atoms with Crippen LogP contribution in [0.1, 0.15) is 117 Å². The van der Waals surface area contributed by atoms with Crippen molar-refractivity contribution in [1.82, 2.24) is 0 Å². The minimum atomic E-state index is -0.254. The van der Waals surface area contributed by atoms with Gasteiger partial charge in [-0.3, -0.25) is 0 Å². The molecule has 0 aliphatic heterocycles. The number of hydrogen-bond donors (Lipinski definition) is 0. The van der Waals surface area contributed by atoms with Crippen LogP contribution >= 0.6 is 0 Å².